The summed E-state index contributed by atoms with van der Waals surface area (Å²) in [5.74, 6) is -2.02. The van der Waals surface area contributed by atoms with E-state index in [2.05, 4.69) is 10.1 Å². The third kappa shape index (κ3) is 6.46. The fourth-order valence-corrected chi connectivity index (χ4v) is 3.69. The molecular formula is C23H26F3N2O4+. The molecule has 9 heteroatoms. The Morgan fingerprint density at radius 3 is 2.38 bits per heavy atom. The van der Waals surface area contributed by atoms with Gasteiger partial charge in [0.05, 0.1) is 13.2 Å². The second-order valence-corrected chi connectivity index (χ2v) is 7.74. The molecule has 0 spiro atoms. The molecular weight excluding hydrogens is 425 g/mol. The van der Waals surface area contributed by atoms with E-state index in [1.165, 1.54) is 19.6 Å². The van der Waals surface area contributed by atoms with Crippen molar-refractivity contribution in [1.29, 1.82) is 0 Å². The zero-order valence-electron chi connectivity index (χ0n) is 17.7. The first-order chi connectivity index (χ1) is 15.3. The normalized spacial score (nSPS) is 14.6. The van der Waals surface area contributed by atoms with E-state index in [-0.39, 0.29) is 0 Å². The third-order valence-corrected chi connectivity index (χ3v) is 5.38. The quantitative estimate of drug-likeness (QED) is 0.491. The van der Waals surface area contributed by atoms with Crippen LogP contribution in [0.5, 0.6) is 5.75 Å². The number of amides is 1. The van der Waals surface area contributed by atoms with Crippen molar-refractivity contribution in [2.24, 2.45) is 0 Å². The lowest BCUT2D eigenvalue weighted by atomic mass is 9.95. The van der Waals surface area contributed by atoms with Crippen LogP contribution in [0.25, 0.3) is 0 Å². The Kier molecular flexibility index (Phi) is 7.74. The Bertz CT molecular complexity index is 939. The highest BCUT2D eigenvalue weighted by molar-refractivity contribution is 6.07. The van der Waals surface area contributed by atoms with Crippen molar-refractivity contribution in [1.82, 2.24) is 0 Å². The first-order valence-electron chi connectivity index (χ1n) is 10.4. The highest BCUT2D eigenvalue weighted by Gasteiger charge is 2.40. The SMILES string of the molecule is COc1ccc(NC(=O)c2cc(COC(=O)C(F)(F)F)ccc2[NH2+]C2CCCCC2)cc1. The summed E-state index contributed by atoms with van der Waals surface area (Å²) in [6, 6.07) is 11.9. The molecule has 0 aliphatic heterocycles. The van der Waals surface area contributed by atoms with E-state index in [0.717, 1.165) is 25.7 Å². The van der Waals surface area contributed by atoms with Crippen LogP contribution in [0.3, 0.4) is 0 Å². The number of hydrogen-bond donors (Lipinski definition) is 2. The molecule has 172 valence electrons. The van der Waals surface area contributed by atoms with Gasteiger partial charge in [0.1, 0.15) is 23.6 Å². The molecule has 0 radical (unpaired) electrons. The van der Waals surface area contributed by atoms with Crippen molar-refractivity contribution in [3.05, 3.63) is 53.6 Å². The molecule has 1 fully saturated rings. The molecule has 0 saturated heterocycles. The number of nitrogens with one attached hydrogen (secondary N) is 1. The van der Waals surface area contributed by atoms with Crippen molar-refractivity contribution in [3.8, 4) is 5.75 Å². The summed E-state index contributed by atoms with van der Waals surface area (Å²) in [6.07, 6.45) is 0.441. The lowest BCUT2D eigenvalue weighted by molar-refractivity contribution is -0.614. The smallest absolute Gasteiger partial charge is 0.490 e. The van der Waals surface area contributed by atoms with E-state index in [1.54, 1.807) is 36.4 Å². The molecule has 6 nitrogen and oxygen atoms in total. The van der Waals surface area contributed by atoms with Crippen molar-refractivity contribution in [2.75, 3.05) is 12.4 Å². The van der Waals surface area contributed by atoms with Gasteiger partial charge in [-0.2, -0.15) is 13.2 Å². The van der Waals surface area contributed by atoms with Gasteiger partial charge in [-0.1, -0.05) is 6.42 Å². The van der Waals surface area contributed by atoms with Crippen LogP contribution in [-0.2, 0) is 16.1 Å². The third-order valence-electron chi connectivity index (χ3n) is 5.38. The lowest BCUT2D eigenvalue weighted by Gasteiger charge is -2.21. The fourth-order valence-electron chi connectivity index (χ4n) is 3.69. The topological polar surface area (TPSA) is 81.2 Å². The highest BCUT2D eigenvalue weighted by atomic mass is 19.4. The Balaban J connectivity index is 1.80. The minimum Gasteiger partial charge on any atom is -0.497 e. The van der Waals surface area contributed by atoms with Gasteiger partial charge in [-0.3, -0.25) is 4.79 Å². The number of carbonyl (C=O) groups excluding carboxylic acids is 2. The zero-order chi connectivity index (χ0) is 23.1. The average Bonchev–Trinajstić information content (AvgIpc) is 2.78. The summed E-state index contributed by atoms with van der Waals surface area (Å²) >= 11 is 0. The second-order valence-electron chi connectivity index (χ2n) is 7.74. The molecule has 0 bridgehead atoms. The van der Waals surface area contributed by atoms with E-state index in [4.69, 9.17) is 4.74 Å². The van der Waals surface area contributed by atoms with Gasteiger partial charge in [-0.15, -0.1) is 0 Å². The number of rotatable bonds is 7. The summed E-state index contributed by atoms with van der Waals surface area (Å²) in [7, 11) is 1.54. The lowest BCUT2D eigenvalue weighted by Crippen LogP contribution is -2.85. The molecule has 3 rings (SSSR count). The Morgan fingerprint density at radius 2 is 1.75 bits per heavy atom. The number of halogens is 3. The van der Waals surface area contributed by atoms with E-state index in [9.17, 15) is 22.8 Å². The summed E-state index contributed by atoms with van der Waals surface area (Å²) in [6.45, 7) is -0.579. The first kappa shape index (κ1) is 23.6. The number of carbonyl (C=O) groups is 2. The van der Waals surface area contributed by atoms with Crippen LogP contribution < -0.4 is 15.4 Å². The maximum Gasteiger partial charge on any atom is 0.490 e. The van der Waals surface area contributed by atoms with Gasteiger partial charge >= 0.3 is 12.1 Å². The predicted octanol–water partition coefficient (Wildman–Crippen LogP) is 4.08. The number of quaternary nitrogens is 1. The molecule has 1 aliphatic rings. The molecule has 0 unspecified atom stereocenters. The van der Waals surface area contributed by atoms with Crippen LogP contribution in [0.4, 0.5) is 24.5 Å². The van der Waals surface area contributed by atoms with Gasteiger partial charge in [-0.25, -0.2) is 4.79 Å². The van der Waals surface area contributed by atoms with Crippen LogP contribution in [0, 0.1) is 0 Å². The van der Waals surface area contributed by atoms with Crippen molar-refractivity contribution in [2.45, 2.75) is 50.9 Å². The summed E-state index contributed by atoms with van der Waals surface area (Å²) < 4.78 is 46.7. The molecule has 0 heterocycles. The number of ether oxygens (including phenoxy) is 2. The van der Waals surface area contributed by atoms with Gasteiger partial charge < -0.3 is 20.1 Å². The number of esters is 1. The highest BCUT2D eigenvalue weighted by Crippen LogP contribution is 2.22. The van der Waals surface area contributed by atoms with Gasteiger partial charge in [0.25, 0.3) is 5.91 Å². The fraction of sp³-hybridized carbons (Fsp3) is 0.391. The molecule has 1 amide bonds. The number of hydrogen-bond acceptors (Lipinski definition) is 4. The largest absolute Gasteiger partial charge is 0.497 e. The summed E-state index contributed by atoms with van der Waals surface area (Å²) in [4.78, 5) is 24.1. The second kappa shape index (κ2) is 10.5. The van der Waals surface area contributed by atoms with Gasteiger partial charge in [0, 0.05) is 11.8 Å². The van der Waals surface area contributed by atoms with Crippen LogP contribution in [0.1, 0.15) is 48.0 Å². The predicted molar refractivity (Wildman–Crippen MR) is 112 cm³/mol. The van der Waals surface area contributed by atoms with Crippen LogP contribution in [0.2, 0.25) is 0 Å². The van der Waals surface area contributed by atoms with Gasteiger partial charge in [-0.05, 0) is 67.6 Å². The van der Waals surface area contributed by atoms with Crippen LogP contribution in [0.15, 0.2) is 42.5 Å². The van der Waals surface area contributed by atoms with E-state index >= 15 is 0 Å². The van der Waals surface area contributed by atoms with E-state index in [1.807, 2.05) is 5.32 Å². The van der Waals surface area contributed by atoms with Crippen molar-refractivity contribution >= 4 is 23.3 Å². The number of alkyl halides is 3. The molecule has 2 aromatic rings. The van der Waals surface area contributed by atoms with E-state index < -0.39 is 24.7 Å². The molecule has 0 atom stereocenters. The maximum atomic E-state index is 13.0. The molecule has 1 aliphatic carbocycles. The molecule has 2 aromatic carbocycles. The number of anilines is 1. The van der Waals surface area contributed by atoms with Gasteiger partial charge in [0.2, 0.25) is 0 Å². The van der Waals surface area contributed by atoms with Crippen molar-refractivity contribution in [3.63, 3.8) is 0 Å². The average molecular weight is 451 g/mol. The summed E-state index contributed by atoms with van der Waals surface area (Å²) in [5, 5.41) is 4.85. The first-order valence-corrected chi connectivity index (χ1v) is 10.4. The molecule has 3 N–H and O–H groups in total. The van der Waals surface area contributed by atoms with E-state index in [0.29, 0.717) is 34.3 Å². The van der Waals surface area contributed by atoms with Crippen molar-refractivity contribution < 1.29 is 37.6 Å². The minimum atomic E-state index is -5.07. The Labute approximate surface area is 184 Å². The molecule has 1 saturated carbocycles. The number of methoxy groups -OCH3 is 1. The zero-order valence-corrected chi connectivity index (χ0v) is 17.7. The standard InChI is InChI=1S/C23H25F3N2O4/c1-31-18-10-8-17(9-11-18)28-21(29)19-13-15(14-32-22(30)23(24,25)26)7-12-20(19)27-16-5-3-2-4-6-16/h7-13,16,27H,2-6,14H2,1H3,(H,28,29)/p+1. The number of benzene rings is 2. The summed E-state index contributed by atoms with van der Waals surface area (Å²) in [5.41, 5.74) is 1.86. The number of nitrogens with two attached hydrogens (primary N) is 1. The van der Waals surface area contributed by atoms with Crippen LogP contribution in [-0.4, -0.2) is 31.2 Å². The van der Waals surface area contributed by atoms with Crippen LogP contribution >= 0.6 is 0 Å². The van der Waals surface area contributed by atoms with Gasteiger partial charge in [0.15, 0.2) is 0 Å². The maximum absolute atomic E-state index is 13.0. The molecule has 32 heavy (non-hydrogen) atoms. The Hall–Kier alpha value is -3.07. The molecule has 0 aromatic heterocycles. The monoisotopic (exact) mass is 451 g/mol. The minimum absolute atomic E-state index is 0.295. The Morgan fingerprint density at radius 1 is 1.06 bits per heavy atom.